The number of nitrogens with zero attached hydrogens (tertiary/aromatic N) is 3. The average Bonchev–Trinajstić information content (AvgIpc) is 3.05. The molecule has 0 aliphatic rings. The molecule has 2 heterocycles. The lowest BCUT2D eigenvalue weighted by molar-refractivity contribution is 0.0669. The second kappa shape index (κ2) is 6.58. The third-order valence-corrected chi connectivity index (χ3v) is 3.25. The van der Waals surface area contributed by atoms with Crippen molar-refractivity contribution >= 4 is 5.91 Å². The number of hydrogen-bond acceptors (Lipinski definition) is 4. The van der Waals surface area contributed by atoms with Gasteiger partial charge in [0.2, 0.25) is 0 Å². The smallest absolute Gasteiger partial charge is 0.274 e. The van der Waals surface area contributed by atoms with Crippen LogP contribution in [0.2, 0.25) is 0 Å². The van der Waals surface area contributed by atoms with E-state index in [1.54, 1.807) is 17.4 Å². The molecule has 0 radical (unpaired) electrons. The number of carbonyl (C=O) groups excluding carboxylic acids is 1. The molecule has 2 aromatic rings. The molecule has 0 bridgehead atoms. The molecule has 6 heteroatoms. The van der Waals surface area contributed by atoms with Gasteiger partial charge in [-0.3, -0.25) is 4.79 Å². The molecule has 0 fully saturated rings. The number of aromatic nitrogens is 2. The Bertz CT molecular complexity index is 600. The first-order valence-corrected chi connectivity index (χ1v) is 7.09. The van der Waals surface area contributed by atoms with E-state index < -0.39 is 0 Å². The second-order valence-corrected chi connectivity index (χ2v) is 5.32. The Morgan fingerprint density at radius 1 is 1.48 bits per heavy atom. The molecule has 6 nitrogen and oxygen atoms in total. The van der Waals surface area contributed by atoms with Crippen LogP contribution in [0.15, 0.2) is 29.1 Å². The van der Waals surface area contributed by atoms with Crippen molar-refractivity contribution in [3.05, 3.63) is 41.9 Å². The summed E-state index contributed by atoms with van der Waals surface area (Å²) < 4.78 is 7.38. The van der Waals surface area contributed by atoms with Crippen LogP contribution in [0, 0.1) is 6.92 Å². The lowest BCUT2D eigenvalue weighted by Crippen LogP contribution is -2.36. The first-order valence-electron chi connectivity index (χ1n) is 7.09. The monoisotopic (exact) mass is 290 g/mol. The van der Waals surface area contributed by atoms with Crippen LogP contribution in [0.1, 0.15) is 35.9 Å². The van der Waals surface area contributed by atoms with E-state index in [0.717, 1.165) is 11.5 Å². The van der Waals surface area contributed by atoms with Gasteiger partial charge in [0.15, 0.2) is 0 Å². The van der Waals surface area contributed by atoms with E-state index >= 15 is 0 Å². The highest BCUT2D eigenvalue weighted by atomic mass is 16.3. The minimum atomic E-state index is -0.102. The zero-order valence-corrected chi connectivity index (χ0v) is 12.7. The lowest BCUT2D eigenvalue weighted by Gasteiger charge is -2.25. The van der Waals surface area contributed by atoms with E-state index in [1.165, 1.54) is 0 Å². The third kappa shape index (κ3) is 3.72. The molecule has 0 aliphatic carbocycles. The van der Waals surface area contributed by atoms with Crippen LogP contribution in [0.25, 0.3) is 0 Å². The molecule has 1 amide bonds. The molecule has 0 aliphatic heterocycles. The van der Waals surface area contributed by atoms with Gasteiger partial charge in [-0.1, -0.05) is 0 Å². The molecular weight excluding hydrogens is 268 g/mol. The van der Waals surface area contributed by atoms with Crippen molar-refractivity contribution in [1.29, 1.82) is 0 Å². The maximum Gasteiger partial charge on any atom is 0.274 e. The van der Waals surface area contributed by atoms with Gasteiger partial charge < -0.3 is 19.6 Å². The van der Waals surface area contributed by atoms with Crippen molar-refractivity contribution in [2.24, 2.45) is 5.73 Å². The fourth-order valence-electron chi connectivity index (χ4n) is 2.12. The van der Waals surface area contributed by atoms with E-state index in [4.69, 9.17) is 10.2 Å². The summed E-state index contributed by atoms with van der Waals surface area (Å²) >= 11 is 0. The van der Waals surface area contributed by atoms with E-state index in [1.807, 2.05) is 37.5 Å². The molecule has 0 aromatic carbocycles. The van der Waals surface area contributed by atoms with Gasteiger partial charge in [0.25, 0.3) is 5.91 Å². The molecule has 0 unspecified atom stereocenters. The van der Waals surface area contributed by atoms with Crippen LogP contribution >= 0.6 is 0 Å². The predicted molar refractivity (Wildman–Crippen MR) is 79.7 cm³/mol. The summed E-state index contributed by atoms with van der Waals surface area (Å²) in [5, 5.41) is 0. The summed E-state index contributed by atoms with van der Waals surface area (Å²) in [6.07, 6.45) is 3.37. The highest BCUT2D eigenvalue weighted by Crippen LogP contribution is 2.14. The standard InChI is InChI=1S/C15H22N4O2/c1-11(2)19(8-13-5-4-12(3)21-13)15(20)14-9-18(7-6-16)10-17-14/h4-5,9-11H,6-8,16H2,1-3H3. The summed E-state index contributed by atoms with van der Waals surface area (Å²) in [4.78, 5) is 18.5. The Morgan fingerprint density at radius 3 is 2.81 bits per heavy atom. The van der Waals surface area contributed by atoms with Crippen LogP contribution in [-0.4, -0.2) is 32.9 Å². The van der Waals surface area contributed by atoms with Crippen LogP contribution in [0.4, 0.5) is 0 Å². The van der Waals surface area contributed by atoms with Gasteiger partial charge in [0.05, 0.1) is 12.9 Å². The summed E-state index contributed by atoms with van der Waals surface area (Å²) in [7, 11) is 0. The maximum atomic E-state index is 12.6. The van der Waals surface area contributed by atoms with Crippen LogP contribution < -0.4 is 5.73 Å². The molecule has 2 rings (SSSR count). The predicted octanol–water partition coefficient (Wildman–Crippen LogP) is 1.79. The molecule has 0 saturated heterocycles. The zero-order valence-electron chi connectivity index (χ0n) is 12.7. The number of imidazole rings is 1. The quantitative estimate of drug-likeness (QED) is 0.880. The van der Waals surface area contributed by atoms with Gasteiger partial charge >= 0.3 is 0 Å². The van der Waals surface area contributed by atoms with Crippen molar-refractivity contribution in [3.63, 3.8) is 0 Å². The largest absolute Gasteiger partial charge is 0.464 e. The van der Waals surface area contributed by atoms with Crippen LogP contribution in [-0.2, 0) is 13.1 Å². The first kappa shape index (κ1) is 15.3. The minimum Gasteiger partial charge on any atom is -0.464 e. The van der Waals surface area contributed by atoms with E-state index in [0.29, 0.717) is 25.3 Å². The average molecular weight is 290 g/mol. The number of amides is 1. The third-order valence-electron chi connectivity index (χ3n) is 3.25. The molecule has 0 atom stereocenters. The topological polar surface area (TPSA) is 77.3 Å². The number of nitrogens with two attached hydrogens (primary N) is 1. The number of carbonyl (C=O) groups is 1. The van der Waals surface area contributed by atoms with Crippen molar-refractivity contribution in [1.82, 2.24) is 14.5 Å². The molecular formula is C15H22N4O2. The van der Waals surface area contributed by atoms with Gasteiger partial charge in [-0.25, -0.2) is 4.98 Å². The van der Waals surface area contributed by atoms with Crippen LogP contribution in [0.3, 0.4) is 0 Å². The van der Waals surface area contributed by atoms with Crippen molar-refractivity contribution < 1.29 is 9.21 Å². The second-order valence-electron chi connectivity index (χ2n) is 5.32. The lowest BCUT2D eigenvalue weighted by atomic mass is 10.2. The maximum absolute atomic E-state index is 12.6. The van der Waals surface area contributed by atoms with Crippen molar-refractivity contribution in [2.45, 2.75) is 39.9 Å². The van der Waals surface area contributed by atoms with Gasteiger partial charge in [0, 0.05) is 25.3 Å². The molecule has 2 aromatic heterocycles. The highest BCUT2D eigenvalue weighted by molar-refractivity contribution is 5.92. The van der Waals surface area contributed by atoms with E-state index in [-0.39, 0.29) is 11.9 Å². The summed E-state index contributed by atoms with van der Waals surface area (Å²) in [5.41, 5.74) is 5.93. The molecule has 0 saturated carbocycles. The number of aryl methyl sites for hydroxylation is 1. The fraction of sp³-hybridized carbons (Fsp3) is 0.467. The summed E-state index contributed by atoms with van der Waals surface area (Å²) in [6.45, 7) is 7.45. The number of furan rings is 1. The Hall–Kier alpha value is -2.08. The van der Waals surface area contributed by atoms with Gasteiger partial charge in [0.1, 0.15) is 17.2 Å². The highest BCUT2D eigenvalue weighted by Gasteiger charge is 2.22. The SMILES string of the molecule is Cc1ccc(CN(C(=O)c2cn(CCN)cn2)C(C)C)o1. The Balaban J connectivity index is 2.14. The van der Waals surface area contributed by atoms with Gasteiger partial charge in [-0.05, 0) is 32.9 Å². The fourth-order valence-corrected chi connectivity index (χ4v) is 2.12. The van der Waals surface area contributed by atoms with Crippen molar-refractivity contribution in [3.8, 4) is 0 Å². The summed E-state index contributed by atoms with van der Waals surface area (Å²) in [6, 6.07) is 3.85. The molecule has 2 N–H and O–H groups in total. The summed E-state index contributed by atoms with van der Waals surface area (Å²) in [5.74, 6) is 1.51. The molecule has 114 valence electrons. The van der Waals surface area contributed by atoms with Gasteiger partial charge in [-0.2, -0.15) is 0 Å². The Labute approximate surface area is 124 Å². The molecule has 0 spiro atoms. The Morgan fingerprint density at radius 2 is 2.24 bits per heavy atom. The van der Waals surface area contributed by atoms with Crippen LogP contribution in [0.5, 0.6) is 0 Å². The minimum absolute atomic E-state index is 0.0579. The normalized spacial score (nSPS) is 11.1. The van der Waals surface area contributed by atoms with E-state index in [2.05, 4.69) is 4.98 Å². The number of hydrogen-bond donors (Lipinski definition) is 1. The van der Waals surface area contributed by atoms with Crippen molar-refractivity contribution in [2.75, 3.05) is 6.54 Å². The van der Waals surface area contributed by atoms with Gasteiger partial charge in [-0.15, -0.1) is 0 Å². The number of rotatable bonds is 6. The Kier molecular flexibility index (Phi) is 4.80. The zero-order chi connectivity index (χ0) is 15.4. The first-order chi connectivity index (χ1) is 10.0. The molecule has 21 heavy (non-hydrogen) atoms. The van der Waals surface area contributed by atoms with E-state index in [9.17, 15) is 4.79 Å².